The Bertz CT molecular complexity index is 989. The predicted molar refractivity (Wildman–Crippen MR) is 106 cm³/mol. The van der Waals surface area contributed by atoms with Gasteiger partial charge in [-0.2, -0.15) is 0 Å². The standard InChI is InChI=1S/C22H24FN3O2/c1-3-28-19-7-4-16(5-8-19)22(27)25-12-10-18(11-13-25)26-15(2)24-20-14-17(23)6-9-21(20)26/h4-9,14,18H,3,10-13H2,1-2H3. The number of aryl methyl sites for hydroxylation is 1. The number of hydrogen-bond donors (Lipinski definition) is 0. The zero-order valence-electron chi connectivity index (χ0n) is 16.2. The maximum Gasteiger partial charge on any atom is 0.253 e. The topological polar surface area (TPSA) is 47.4 Å². The first kappa shape index (κ1) is 18.5. The molecule has 28 heavy (non-hydrogen) atoms. The van der Waals surface area contributed by atoms with Gasteiger partial charge in [-0.15, -0.1) is 0 Å². The first-order valence-electron chi connectivity index (χ1n) is 9.73. The molecule has 1 fully saturated rings. The van der Waals surface area contributed by atoms with Gasteiger partial charge in [0.1, 0.15) is 17.4 Å². The highest BCUT2D eigenvalue weighted by molar-refractivity contribution is 5.94. The van der Waals surface area contributed by atoms with Crippen LogP contribution in [0.15, 0.2) is 42.5 Å². The minimum absolute atomic E-state index is 0.0516. The summed E-state index contributed by atoms with van der Waals surface area (Å²) in [5.74, 6) is 1.44. The third-order valence-corrected chi connectivity index (χ3v) is 5.36. The molecule has 0 N–H and O–H groups in total. The Kier molecular flexibility index (Phi) is 5.03. The van der Waals surface area contributed by atoms with Crippen LogP contribution in [0.25, 0.3) is 11.0 Å². The minimum Gasteiger partial charge on any atom is -0.494 e. The first-order valence-corrected chi connectivity index (χ1v) is 9.73. The van der Waals surface area contributed by atoms with Gasteiger partial charge in [-0.3, -0.25) is 4.79 Å². The van der Waals surface area contributed by atoms with Crippen LogP contribution >= 0.6 is 0 Å². The number of carbonyl (C=O) groups excluding carboxylic acids is 1. The summed E-state index contributed by atoms with van der Waals surface area (Å²) in [5.41, 5.74) is 2.32. The number of aromatic nitrogens is 2. The molecule has 6 heteroatoms. The second-order valence-corrected chi connectivity index (χ2v) is 7.14. The lowest BCUT2D eigenvalue weighted by Crippen LogP contribution is -2.39. The van der Waals surface area contributed by atoms with Gasteiger partial charge < -0.3 is 14.2 Å². The molecular weight excluding hydrogens is 357 g/mol. The Hall–Kier alpha value is -2.89. The number of hydrogen-bond acceptors (Lipinski definition) is 3. The molecule has 0 saturated carbocycles. The normalized spacial score (nSPS) is 15.2. The van der Waals surface area contributed by atoms with Crippen LogP contribution in [0, 0.1) is 12.7 Å². The van der Waals surface area contributed by atoms with Crippen molar-refractivity contribution in [3.05, 3.63) is 59.7 Å². The van der Waals surface area contributed by atoms with Gasteiger partial charge in [-0.1, -0.05) is 0 Å². The van der Waals surface area contributed by atoms with Crippen molar-refractivity contribution in [2.24, 2.45) is 0 Å². The number of likely N-dealkylation sites (tertiary alicyclic amines) is 1. The Balaban J connectivity index is 1.46. The predicted octanol–water partition coefficient (Wildman–Crippen LogP) is 4.36. The summed E-state index contributed by atoms with van der Waals surface area (Å²) in [6, 6.07) is 12.3. The quantitative estimate of drug-likeness (QED) is 0.675. The number of rotatable bonds is 4. The van der Waals surface area contributed by atoms with E-state index in [4.69, 9.17) is 4.74 Å². The summed E-state index contributed by atoms with van der Waals surface area (Å²) >= 11 is 0. The fourth-order valence-corrected chi connectivity index (χ4v) is 4.02. The van der Waals surface area contributed by atoms with Gasteiger partial charge in [0.15, 0.2) is 0 Å². The number of amides is 1. The molecule has 0 radical (unpaired) electrons. The van der Waals surface area contributed by atoms with Crippen molar-refractivity contribution in [3.63, 3.8) is 0 Å². The number of piperidine rings is 1. The third-order valence-electron chi connectivity index (χ3n) is 5.36. The second-order valence-electron chi connectivity index (χ2n) is 7.14. The second kappa shape index (κ2) is 7.62. The van der Waals surface area contributed by atoms with Crippen molar-refractivity contribution < 1.29 is 13.9 Å². The van der Waals surface area contributed by atoms with E-state index in [-0.39, 0.29) is 17.8 Å². The molecule has 1 amide bonds. The number of benzene rings is 2. The molecule has 146 valence electrons. The Morgan fingerprint density at radius 3 is 2.57 bits per heavy atom. The fraction of sp³-hybridized carbons (Fsp3) is 0.364. The van der Waals surface area contributed by atoms with Crippen LogP contribution < -0.4 is 4.74 Å². The van der Waals surface area contributed by atoms with Crippen LogP contribution in [0.2, 0.25) is 0 Å². The van der Waals surface area contributed by atoms with E-state index in [0.29, 0.717) is 30.8 Å². The van der Waals surface area contributed by atoms with Crippen molar-refractivity contribution >= 4 is 16.9 Å². The van der Waals surface area contributed by atoms with Gasteiger partial charge in [0.05, 0.1) is 17.6 Å². The van der Waals surface area contributed by atoms with Crippen molar-refractivity contribution in [1.29, 1.82) is 0 Å². The highest BCUT2D eigenvalue weighted by atomic mass is 19.1. The van der Waals surface area contributed by atoms with E-state index in [0.717, 1.165) is 29.9 Å². The summed E-state index contributed by atoms with van der Waals surface area (Å²) in [6.07, 6.45) is 1.71. The van der Waals surface area contributed by atoms with E-state index >= 15 is 0 Å². The molecule has 0 aliphatic carbocycles. The van der Waals surface area contributed by atoms with Crippen molar-refractivity contribution in [3.8, 4) is 5.75 Å². The van der Waals surface area contributed by atoms with Crippen molar-refractivity contribution in [1.82, 2.24) is 14.5 Å². The van der Waals surface area contributed by atoms with Gasteiger partial charge in [0.2, 0.25) is 0 Å². The third kappa shape index (κ3) is 3.46. The molecule has 1 aromatic heterocycles. The number of carbonyl (C=O) groups is 1. The number of ether oxygens (including phenoxy) is 1. The molecule has 0 unspecified atom stereocenters. The number of nitrogens with zero attached hydrogens (tertiary/aromatic N) is 3. The molecule has 0 spiro atoms. The maximum atomic E-state index is 13.5. The lowest BCUT2D eigenvalue weighted by atomic mass is 10.0. The summed E-state index contributed by atoms with van der Waals surface area (Å²) in [4.78, 5) is 19.2. The van der Waals surface area contributed by atoms with Crippen LogP contribution in [0.3, 0.4) is 0 Å². The van der Waals surface area contributed by atoms with Crippen molar-refractivity contribution in [2.75, 3.05) is 19.7 Å². The highest BCUT2D eigenvalue weighted by Gasteiger charge is 2.26. The van der Waals surface area contributed by atoms with Gasteiger partial charge in [-0.25, -0.2) is 9.37 Å². The number of halogens is 1. The molecule has 5 nitrogen and oxygen atoms in total. The minimum atomic E-state index is -0.270. The van der Waals surface area contributed by atoms with Crippen LogP contribution in [0.5, 0.6) is 5.75 Å². The fourth-order valence-electron chi connectivity index (χ4n) is 4.02. The highest BCUT2D eigenvalue weighted by Crippen LogP contribution is 2.29. The largest absolute Gasteiger partial charge is 0.494 e. The lowest BCUT2D eigenvalue weighted by molar-refractivity contribution is 0.0695. The van der Waals surface area contributed by atoms with E-state index < -0.39 is 0 Å². The van der Waals surface area contributed by atoms with E-state index in [1.165, 1.54) is 12.1 Å². The summed E-state index contributed by atoms with van der Waals surface area (Å²) < 4.78 is 21.1. The van der Waals surface area contributed by atoms with E-state index in [1.54, 1.807) is 6.07 Å². The molecular formula is C22H24FN3O2. The molecule has 2 aromatic carbocycles. The molecule has 0 bridgehead atoms. The summed E-state index contributed by atoms with van der Waals surface area (Å²) in [7, 11) is 0. The maximum absolute atomic E-state index is 13.5. The van der Waals surface area contributed by atoms with E-state index in [2.05, 4.69) is 9.55 Å². The molecule has 0 atom stereocenters. The zero-order chi connectivity index (χ0) is 19.7. The number of fused-ring (bicyclic) bond motifs is 1. The molecule has 1 saturated heterocycles. The molecule has 4 rings (SSSR count). The summed E-state index contributed by atoms with van der Waals surface area (Å²) in [5, 5.41) is 0. The molecule has 2 heterocycles. The molecule has 1 aliphatic heterocycles. The van der Waals surface area contributed by atoms with Gasteiger partial charge in [0.25, 0.3) is 5.91 Å². The van der Waals surface area contributed by atoms with Crippen LogP contribution in [-0.4, -0.2) is 40.1 Å². The zero-order valence-corrected chi connectivity index (χ0v) is 16.2. The lowest BCUT2D eigenvalue weighted by Gasteiger charge is -2.33. The Labute approximate surface area is 163 Å². The van der Waals surface area contributed by atoms with Gasteiger partial charge >= 0.3 is 0 Å². The van der Waals surface area contributed by atoms with Crippen LogP contribution in [-0.2, 0) is 0 Å². The van der Waals surface area contributed by atoms with Gasteiger partial charge in [-0.05, 0) is 63.1 Å². The van der Waals surface area contributed by atoms with Crippen LogP contribution in [0.4, 0.5) is 4.39 Å². The smallest absolute Gasteiger partial charge is 0.253 e. The number of imidazole rings is 1. The van der Waals surface area contributed by atoms with E-state index in [9.17, 15) is 9.18 Å². The van der Waals surface area contributed by atoms with E-state index in [1.807, 2.05) is 43.0 Å². The van der Waals surface area contributed by atoms with Crippen molar-refractivity contribution in [2.45, 2.75) is 32.7 Å². The molecule has 1 aliphatic rings. The monoisotopic (exact) mass is 381 g/mol. The average Bonchev–Trinajstić information content (AvgIpc) is 3.03. The Morgan fingerprint density at radius 2 is 1.89 bits per heavy atom. The van der Waals surface area contributed by atoms with Gasteiger partial charge in [0, 0.05) is 30.8 Å². The first-order chi connectivity index (χ1) is 13.6. The SMILES string of the molecule is CCOc1ccc(C(=O)N2CCC(n3c(C)nc4cc(F)ccc43)CC2)cc1. The average molecular weight is 381 g/mol. The van der Waals surface area contributed by atoms with Crippen LogP contribution in [0.1, 0.15) is 42.0 Å². The molecule has 3 aromatic rings. The Morgan fingerprint density at radius 1 is 1.18 bits per heavy atom. The summed E-state index contributed by atoms with van der Waals surface area (Å²) in [6.45, 7) is 5.88.